The zero-order valence-corrected chi connectivity index (χ0v) is 15.9. The monoisotopic (exact) mass is 401 g/mol. The molecule has 0 radical (unpaired) electrons. The van der Waals surface area contributed by atoms with Gasteiger partial charge in [0.25, 0.3) is 11.5 Å². The van der Waals surface area contributed by atoms with Gasteiger partial charge in [0, 0.05) is 18.0 Å². The summed E-state index contributed by atoms with van der Waals surface area (Å²) in [6, 6.07) is 19.5. The van der Waals surface area contributed by atoms with Gasteiger partial charge in [-0.15, -0.1) is 0 Å². The predicted octanol–water partition coefficient (Wildman–Crippen LogP) is 3.00. The molecular formula is C21H15N5O2S. The molecule has 29 heavy (non-hydrogen) atoms. The van der Waals surface area contributed by atoms with Gasteiger partial charge >= 0.3 is 0 Å². The highest BCUT2D eigenvalue weighted by Crippen LogP contribution is 2.25. The van der Waals surface area contributed by atoms with Crippen molar-refractivity contribution in [2.75, 3.05) is 0 Å². The summed E-state index contributed by atoms with van der Waals surface area (Å²) >= 11 is 1.26. The first-order valence-corrected chi connectivity index (χ1v) is 9.53. The number of pyridine rings is 2. The highest BCUT2D eigenvalue weighted by atomic mass is 32.2. The molecule has 0 aliphatic rings. The minimum Gasteiger partial charge on any atom is -0.268 e. The SMILES string of the molecule is O=C(NN=Cc1c(Sc2ccccn2)nc2ccccn2c1=O)c1ccccc1. The van der Waals surface area contributed by atoms with Gasteiger partial charge in [-0.3, -0.25) is 14.0 Å². The van der Waals surface area contributed by atoms with Crippen LogP contribution in [0.3, 0.4) is 0 Å². The van der Waals surface area contributed by atoms with Crippen molar-refractivity contribution in [2.45, 2.75) is 10.1 Å². The van der Waals surface area contributed by atoms with E-state index in [4.69, 9.17) is 0 Å². The Bertz CT molecular complexity index is 1240. The van der Waals surface area contributed by atoms with Crippen LogP contribution in [0.2, 0.25) is 0 Å². The van der Waals surface area contributed by atoms with E-state index in [1.54, 1.807) is 48.8 Å². The molecular weight excluding hydrogens is 386 g/mol. The van der Waals surface area contributed by atoms with Crippen LogP contribution in [-0.4, -0.2) is 26.5 Å². The second kappa shape index (κ2) is 8.49. The lowest BCUT2D eigenvalue weighted by molar-refractivity contribution is 0.0955. The van der Waals surface area contributed by atoms with Crippen LogP contribution in [0.4, 0.5) is 0 Å². The third-order valence-corrected chi connectivity index (χ3v) is 4.92. The van der Waals surface area contributed by atoms with Crippen molar-refractivity contribution in [3.05, 3.63) is 101 Å². The molecule has 4 rings (SSSR count). The lowest BCUT2D eigenvalue weighted by Gasteiger charge is -2.07. The van der Waals surface area contributed by atoms with Crippen LogP contribution >= 0.6 is 11.8 Å². The molecule has 142 valence electrons. The molecule has 0 aliphatic carbocycles. The van der Waals surface area contributed by atoms with Crippen LogP contribution in [0.15, 0.2) is 99.1 Å². The molecule has 0 fully saturated rings. The number of nitrogens with one attached hydrogen (secondary N) is 1. The molecule has 4 aromatic rings. The largest absolute Gasteiger partial charge is 0.271 e. The van der Waals surface area contributed by atoms with Crippen LogP contribution in [0.5, 0.6) is 0 Å². The van der Waals surface area contributed by atoms with Crippen LogP contribution in [-0.2, 0) is 0 Å². The summed E-state index contributed by atoms with van der Waals surface area (Å²) in [5.74, 6) is -0.366. The van der Waals surface area contributed by atoms with Gasteiger partial charge in [0.1, 0.15) is 15.7 Å². The zero-order valence-electron chi connectivity index (χ0n) is 15.1. The summed E-state index contributed by atoms with van der Waals surface area (Å²) in [5.41, 5.74) is 3.41. The van der Waals surface area contributed by atoms with Crippen LogP contribution in [0.1, 0.15) is 15.9 Å². The van der Waals surface area contributed by atoms with E-state index in [1.807, 2.05) is 30.3 Å². The Morgan fingerprint density at radius 3 is 2.62 bits per heavy atom. The minimum atomic E-state index is -0.366. The normalized spacial score (nSPS) is 11.0. The smallest absolute Gasteiger partial charge is 0.268 e. The van der Waals surface area contributed by atoms with Crippen molar-refractivity contribution in [3.63, 3.8) is 0 Å². The van der Waals surface area contributed by atoms with E-state index in [0.717, 1.165) is 0 Å². The number of nitrogens with zero attached hydrogens (tertiary/aromatic N) is 4. The quantitative estimate of drug-likeness (QED) is 0.315. The molecule has 8 heteroatoms. The number of carbonyl (C=O) groups is 1. The fraction of sp³-hybridized carbons (Fsp3) is 0. The van der Waals surface area contributed by atoms with Gasteiger partial charge in [0.2, 0.25) is 0 Å². The van der Waals surface area contributed by atoms with Gasteiger partial charge in [-0.25, -0.2) is 15.4 Å². The second-order valence-corrected chi connectivity index (χ2v) is 6.91. The lowest BCUT2D eigenvalue weighted by atomic mass is 10.2. The topological polar surface area (TPSA) is 88.7 Å². The molecule has 1 aromatic carbocycles. The number of benzene rings is 1. The highest BCUT2D eigenvalue weighted by molar-refractivity contribution is 7.99. The first-order valence-electron chi connectivity index (χ1n) is 8.71. The van der Waals surface area contributed by atoms with E-state index < -0.39 is 0 Å². The van der Waals surface area contributed by atoms with Crippen molar-refractivity contribution in [1.82, 2.24) is 19.8 Å². The Kier molecular flexibility index (Phi) is 5.44. The van der Waals surface area contributed by atoms with E-state index in [-0.39, 0.29) is 17.0 Å². The summed E-state index contributed by atoms with van der Waals surface area (Å²) in [6.45, 7) is 0. The fourth-order valence-corrected chi connectivity index (χ4v) is 3.43. The van der Waals surface area contributed by atoms with Gasteiger partial charge in [0.15, 0.2) is 0 Å². The minimum absolute atomic E-state index is 0.262. The molecule has 0 spiro atoms. The average molecular weight is 401 g/mol. The number of rotatable bonds is 5. The number of aromatic nitrogens is 3. The Balaban J connectivity index is 1.69. The third kappa shape index (κ3) is 4.22. The first-order chi connectivity index (χ1) is 14.2. The molecule has 1 amide bonds. The van der Waals surface area contributed by atoms with Crippen LogP contribution in [0, 0.1) is 0 Å². The molecule has 0 saturated carbocycles. The van der Waals surface area contributed by atoms with Crippen molar-refractivity contribution >= 4 is 29.5 Å². The molecule has 0 saturated heterocycles. The van der Waals surface area contributed by atoms with Gasteiger partial charge in [-0.2, -0.15) is 5.10 Å². The molecule has 0 bridgehead atoms. The standard InChI is InChI=1S/C21H15N5O2S/c27-19(15-8-2-1-3-9-15)25-23-14-16-20(29-18-11-4-6-12-22-18)24-17-10-5-7-13-26(17)21(16)28/h1-14H,(H,25,27). The maximum atomic E-state index is 13.0. The summed E-state index contributed by atoms with van der Waals surface area (Å²) < 4.78 is 1.43. The number of amides is 1. The number of hydrazone groups is 1. The van der Waals surface area contributed by atoms with E-state index in [0.29, 0.717) is 21.3 Å². The summed E-state index contributed by atoms with van der Waals surface area (Å²) in [4.78, 5) is 34.0. The highest BCUT2D eigenvalue weighted by Gasteiger charge is 2.13. The van der Waals surface area contributed by atoms with E-state index in [2.05, 4.69) is 20.5 Å². The summed E-state index contributed by atoms with van der Waals surface area (Å²) in [7, 11) is 0. The van der Waals surface area contributed by atoms with E-state index in [1.165, 1.54) is 22.4 Å². The number of carbonyl (C=O) groups excluding carboxylic acids is 1. The van der Waals surface area contributed by atoms with Gasteiger partial charge in [0.05, 0.1) is 11.8 Å². The Hall–Kier alpha value is -3.78. The predicted molar refractivity (Wildman–Crippen MR) is 111 cm³/mol. The van der Waals surface area contributed by atoms with Crippen molar-refractivity contribution in [3.8, 4) is 0 Å². The van der Waals surface area contributed by atoms with Crippen LogP contribution in [0.25, 0.3) is 5.65 Å². The second-order valence-electron chi connectivity index (χ2n) is 5.90. The van der Waals surface area contributed by atoms with Crippen molar-refractivity contribution in [1.29, 1.82) is 0 Å². The molecule has 1 N–H and O–H groups in total. The zero-order chi connectivity index (χ0) is 20.1. The van der Waals surface area contributed by atoms with Crippen molar-refractivity contribution in [2.24, 2.45) is 5.10 Å². The lowest BCUT2D eigenvalue weighted by Crippen LogP contribution is -2.22. The Morgan fingerprint density at radius 2 is 1.83 bits per heavy atom. The van der Waals surface area contributed by atoms with E-state index in [9.17, 15) is 9.59 Å². The van der Waals surface area contributed by atoms with Gasteiger partial charge < -0.3 is 0 Å². The summed E-state index contributed by atoms with van der Waals surface area (Å²) in [6.07, 6.45) is 4.63. The molecule has 0 unspecified atom stereocenters. The fourth-order valence-electron chi connectivity index (χ4n) is 2.59. The third-order valence-electron chi connectivity index (χ3n) is 3.97. The Morgan fingerprint density at radius 1 is 1.03 bits per heavy atom. The number of fused-ring (bicyclic) bond motifs is 1. The van der Waals surface area contributed by atoms with Crippen molar-refractivity contribution < 1.29 is 4.79 Å². The number of hydrogen-bond acceptors (Lipinski definition) is 6. The first kappa shape index (κ1) is 18.6. The van der Waals surface area contributed by atoms with E-state index >= 15 is 0 Å². The molecule has 0 atom stereocenters. The molecule has 3 aromatic heterocycles. The van der Waals surface area contributed by atoms with Crippen LogP contribution < -0.4 is 11.0 Å². The molecule has 3 heterocycles. The number of hydrogen-bond donors (Lipinski definition) is 1. The molecule has 0 aliphatic heterocycles. The maximum absolute atomic E-state index is 13.0. The molecule has 7 nitrogen and oxygen atoms in total. The average Bonchev–Trinajstić information content (AvgIpc) is 2.77. The van der Waals surface area contributed by atoms with Gasteiger partial charge in [-0.1, -0.05) is 30.3 Å². The van der Waals surface area contributed by atoms with Gasteiger partial charge in [-0.05, 0) is 48.2 Å². The Labute approximate surface area is 170 Å². The summed E-state index contributed by atoms with van der Waals surface area (Å²) in [5, 5.41) is 5.13. The maximum Gasteiger partial charge on any atom is 0.271 e.